The minimum absolute atomic E-state index is 0.403. The molecule has 2 rings (SSSR count). The second-order valence-electron chi connectivity index (χ2n) is 3.57. The largest absolute Gasteiger partial charge is 0.325 e. The molecule has 2 heterocycles. The molecule has 0 aliphatic carbocycles. The van der Waals surface area contributed by atoms with Crippen molar-refractivity contribution in [2.24, 2.45) is 0 Å². The van der Waals surface area contributed by atoms with Crippen LogP contribution in [0.5, 0.6) is 0 Å². The van der Waals surface area contributed by atoms with E-state index in [1.807, 2.05) is 0 Å². The van der Waals surface area contributed by atoms with Gasteiger partial charge in [0.1, 0.15) is 0 Å². The van der Waals surface area contributed by atoms with Gasteiger partial charge in [-0.2, -0.15) is 0 Å². The van der Waals surface area contributed by atoms with Gasteiger partial charge >= 0.3 is 11.4 Å². The van der Waals surface area contributed by atoms with E-state index in [-0.39, 0.29) is 0 Å². The Morgan fingerprint density at radius 3 is 1.50 bits per heavy atom. The molecule has 0 bridgehead atoms. The topological polar surface area (TPSA) is 131 Å². The maximum absolute atomic E-state index is 11.4. The summed E-state index contributed by atoms with van der Waals surface area (Å²) in [5, 5.41) is 0. The van der Waals surface area contributed by atoms with Crippen molar-refractivity contribution >= 4 is 23.5 Å². The summed E-state index contributed by atoms with van der Waals surface area (Å²) in [6, 6.07) is 0. The molecule has 0 amide bonds. The molecule has 0 saturated carbocycles. The van der Waals surface area contributed by atoms with Crippen molar-refractivity contribution in [1.82, 2.24) is 19.9 Å². The minimum atomic E-state index is -0.548. The summed E-state index contributed by atoms with van der Waals surface area (Å²) >= 11 is 2.53. The number of rotatable bonds is 5. The summed E-state index contributed by atoms with van der Waals surface area (Å²) in [5.41, 5.74) is -1.97. The second-order valence-corrected chi connectivity index (χ2v) is 5.84. The lowest BCUT2D eigenvalue weighted by Gasteiger charge is -2.00. The Kier molecular flexibility index (Phi) is 4.69. The number of H-pyrrole nitrogens is 4. The van der Waals surface area contributed by atoms with Crippen LogP contribution in [-0.4, -0.2) is 31.4 Å². The van der Waals surface area contributed by atoms with Gasteiger partial charge in [0.2, 0.25) is 0 Å². The van der Waals surface area contributed by atoms with Gasteiger partial charge in [-0.25, -0.2) is 9.59 Å². The first-order chi connectivity index (χ1) is 9.56. The van der Waals surface area contributed by atoms with Gasteiger partial charge in [0.15, 0.2) is 0 Å². The molecule has 0 aliphatic rings. The third kappa shape index (κ3) is 3.78. The van der Waals surface area contributed by atoms with Gasteiger partial charge in [-0.15, -0.1) is 23.5 Å². The van der Waals surface area contributed by atoms with Gasteiger partial charge in [0.05, 0.1) is 9.79 Å². The predicted molar refractivity (Wildman–Crippen MR) is 76.8 cm³/mol. The number of aromatic nitrogens is 4. The standard InChI is InChI=1S/C10H10N4O4S2/c15-7-5(3-11-9(17)13-7)19-1-2-20-6-4-12-10(18)14-8(6)16/h3-4H,1-2H2,(H2,11,13,15,17)(H2,12,14,16,18). The number of nitrogens with one attached hydrogen (secondary N) is 4. The van der Waals surface area contributed by atoms with Crippen LogP contribution in [0.2, 0.25) is 0 Å². The highest BCUT2D eigenvalue weighted by Crippen LogP contribution is 2.17. The lowest BCUT2D eigenvalue weighted by molar-refractivity contribution is 0.975. The second kappa shape index (κ2) is 6.48. The fourth-order valence-electron chi connectivity index (χ4n) is 1.31. The van der Waals surface area contributed by atoms with Crippen molar-refractivity contribution < 1.29 is 0 Å². The molecule has 2 aromatic heterocycles. The van der Waals surface area contributed by atoms with E-state index in [9.17, 15) is 19.2 Å². The molecular formula is C10H10N4O4S2. The maximum Gasteiger partial charge on any atom is 0.325 e. The van der Waals surface area contributed by atoms with E-state index in [4.69, 9.17) is 0 Å². The minimum Gasteiger partial charge on any atom is -0.313 e. The van der Waals surface area contributed by atoms with Gasteiger partial charge < -0.3 is 9.97 Å². The van der Waals surface area contributed by atoms with Crippen LogP contribution in [0.1, 0.15) is 0 Å². The summed E-state index contributed by atoms with van der Waals surface area (Å²) in [4.78, 5) is 54.3. The Balaban J connectivity index is 1.90. The van der Waals surface area contributed by atoms with Crippen molar-refractivity contribution in [3.05, 3.63) is 54.1 Å². The highest BCUT2D eigenvalue weighted by atomic mass is 32.2. The molecule has 0 radical (unpaired) electrons. The lowest BCUT2D eigenvalue weighted by atomic mass is 10.7. The van der Waals surface area contributed by atoms with E-state index >= 15 is 0 Å². The third-order valence-corrected chi connectivity index (χ3v) is 4.47. The van der Waals surface area contributed by atoms with Crippen molar-refractivity contribution in [2.45, 2.75) is 9.79 Å². The average Bonchev–Trinajstić information content (AvgIpc) is 2.39. The van der Waals surface area contributed by atoms with Crippen molar-refractivity contribution in [3.8, 4) is 0 Å². The quantitative estimate of drug-likeness (QED) is 0.427. The Labute approximate surface area is 119 Å². The van der Waals surface area contributed by atoms with Gasteiger partial charge in [-0.3, -0.25) is 19.6 Å². The monoisotopic (exact) mass is 314 g/mol. The summed E-state index contributed by atoms with van der Waals surface area (Å²) in [6.45, 7) is 0. The SMILES string of the molecule is O=c1[nH]cc(SCCSc2c[nH]c(=O)[nH]c2=O)c(=O)[nH]1. The summed E-state index contributed by atoms with van der Waals surface area (Å²) in [7, 11) is 0. The molecule has 0 atom stereocenters. The Morgan fingerprint density at radius 1 is 0.750 bits per heavy atom. The van der Waals surface area contributed by atoms with Crippen LogP contribution >= 0.6 is 23.5 Å². The number of thioether (sulfide) groups is 2. The first-order valence-electron chi connectivity index (χ1n) is 5.46. The van der Waals surface area contributed by atoms with Crippen LogP contribution in [0.15, 0.2) is 41.4 Å². The van der Waals surface area contributed by atoms with E-state index in [2.05, 4.69) is 19.9 Å². The predicted octanol–water partition coefficient (Wildman–Crippen LogP) is -0.676. The molecular weight excluding hydrogens is 304 g/mol. The molecule has 0 unspecified atom stereocenters. The molecule has 2 aromatic rings. The van der Waals surface area contributed by atoms with E-state index < -0.39 is 22.5 Å². The van der Waals surface area contributed by atoms with Crippen LogP contribution in [-0.2, 0) is 0 Å². The molecule has 4 N–H and O–H groups in total. The molecule has 0 spiro atoms. The Bertz CT molecular complexity index is 749. The first-order valence-corrected chi connectivity index (χ1v) is 7.43. The summed E-state index contributed by atoms with van der Waals surface area (Å²) in [5.74, 6) is 1.14. The number of hydrogen-bond donors (Lipinski definition) is 4. The molecule has 8 nitrogen and oxygen atoms in total. The molecule has 0 aromatic carbocycles. The molecule has 20 heavy (non-hydrogen) atoms. The molecule has 0 aliphatic heterocycles. The molecule has 106 valence electrons. The van der Waals surface area contributed by atoms with Gasteiger partial charge in [-0.1, -0.05) is 0 Å². The zero-order valence-corrected chi connectivity index (χ0v) is 11.7. The van der Waals surface area contributed by atoms with E-state index in [1.54, 1.807) is 0 Å². The molecule has 0 fully saturated rings. The smallest absolute Gasteiger partial charge is 0.313 e. The van der Waals surface area contributed by atoms with Crippen LogP contribution < -0.4 is 22.5 Å². The highest BCUT2D eigenvalue weighted by Gasteiger charge is 2.03. The normalized spacial score (nSPS) is 10.6. The Morgan fingerprint density at radius 2 is 1.15 bits per heavy atom. The van der Waals surface area contributed by atoms with E-state index in [0.717, 1.165) is 0 Å². The Hall–Kier alpha value is -1.94. The van der Waals surface area contributed by atoms with Crippen LogP contribution in [0.3, 0.4) is 0 Å². The lowest BCUT2D eigenvalue weighted by Crippen LogP contribution is -2.23. The zero-order valence-electron chi connectivity index (χ0n) is 10.0. The highest BCUT2D eigenvalue weighted by molar-refractivity contribution is 8.03. The van der Waals surface area contributed by atoms with Crippen molar-refractivity contribution in [1.29, 1.82) is 0 Å². The fraction of sp³-hybridized carbons (Fsp3) is 0.200. The van der Waals surface area contributed by atoms with Gasteiger partial charge in [0, 0.05) is 23.9 Å². The van der Waals surface area contributed by atoms with Crippen LogP contribution in [0, 0.1) is 0 Å². The molecule has 0 saturated heterocycles. The van der Waals surface area contributed by atoms with Gasteiger partial charge in [0.25, 0.3) is 11.1 Å². The maximum atomic E-state index is 11.4. The summed E-state index contributed by atoms with van der Waals surface area (Å²) in [6.07, 6.45) is 2.70. The van der Waals surface area contributed by atoms with E-state index in [1.165, 1.54) is 35.9 Å². The average molecular weight is 314 g/mol. The molecule has 10 heteroatoms. The third-order valence-electron chi connectivity index (χ3n) is 2.17. The van der Waals surface area contributed by atoms with Crippen LogP contribution in [0.4, 0.5) is 0 Å². The zero-order chi connectivity index (χ0) is 14.5. The summed E-state index contributed by atoms with van der Waals surface area (Å²) < 4.78 is 0. The first kappa shape index (κ1) is 14.5. The number of hydrogen-bond acceptors (Lipinski definition) is 6. The van der Waals surface area contributed by atoms with Gasteiger partial charge in [-0.05, 0) is 0 Å². The van der Waals surface area contributed by atoms with Crippen LogP contribution in [0.25, 0.3) is 0 Å². The fourth-order valence-corrected chi connectivity index (χ4v) is 3.07. The van der Waals surface area contributed by atoms with Crippen molar-refractivity contribution in [3.63, 3.8) is 0 Å². The number of aromatic amines is 4. The van der Waals surface area contributed by atoms with Crippen molar-refractivity contribution in [2.75, 3.05) is 11.5 Å². The van der Waals surface area contributed by atoms with E-state index in [0.29, 0.717) is 21.3 Å².